The molecular weight excluding hydrogens is 310 g/mol. The first kappa shape index (κ1) is 17.9. The standard InChI is InChI=1S/C14H19N3O2S.ClH/c1-11-6-7-17(13(8-11)10-16)20(18,19)14-4-2-12(9-15)3-5-14;/h2-5,11,13H,6-8,10,16H2,1H3;1H. The molecule has 1 heterocycles. The Hall–Kier alpha value is -1.13. The lowest BCUT2D eigenvalue weighted by Gasteiger charge is -2.36. The van der Waals surface area contributed by atoms with Crippen molar-refractivity contribution in [2.45, 2.75) is 30.7 Å². The van der Waals surface area contributed by atoms with Crippen LogP contribution >= 0.6 is 12.4 Å². The lowest BCUT2D eigenvalue weighted by atomic mass is 9.94. The molecular formula is C14H20ClN3O2S. The topological polar surface area (TPSA) is 87.2 Å². The molecule has 7 heteroatoms. The Bertz CT molecular complexity index is 610. The molecule has 1 aliphatic heterocycles. The lowest BCUT2D eigenvalue weighted by Crippen LogP contribution is -2.49. The number of rotatable bonds is 3. The van der Waals surface area contributed by atoms with Crippen molar-refractivity contribution in [3.8, 4) is 6.07 Å². The number of benzene rings is 1. The van der Waals surface area contributed by atoms with Gasteiger partial charge in [-0.2, -0.15) is 9.57 Å². The first-order chi connectivity index (χ1) is 9.48. The Morgan fingerprint density at radius 1 is 1.38 bits per heavy atom. The van der Waals surface area contributed by atoms with E-state index in [4.69, 9.17) is 11.0 Å². The van der Waals surface area contributed by atoms with Crippen molar-refractivity contribution in [3.63, 3.8) is 0 Å². The molecule has 0 spiro atoms. The Kier molecular flexibility index (Phi) is 6.17. The fraction of sp³-hybridized carbons (Fsp3) is 0.500. The van der Waals surface area contributed by atoms with Gasteiger partial charge in [-0.15, -0.1) is 12.4 Å². The third-order valence-corrected chi connectivity index (χ3v) is 5.75. The molecule has 1 saturated heterocycles. The molecule has 1 aromatic rings. The molecule has 5 nitrogen and oxygen atoms in total. The maximum absolute atomic E-state index is 12.7. The van der Waals surface area contributed by atoms with Crippen molar-refractivity contribution >= 4 is 22.4 Å². The van der Waals surface area contributed by atoms with Crippen LogP contribution < -0.4 is 5.73 Å². The van der Waals surface area contributed by atoms with Gasteiger partial charge in [0.15, 0.2) is 0 Å². The first-order valence-electron chi connectivity index (χ1n) is 6.71. The van der Waals surface area contributed by atoms with Gasteiger partial charge in [0, 0.05) is 19.1 Å². The summed E-state index contributed by atoms with van der Waals surface area (Å²) in [4.78, 5) is 0.226. The van der Waals surface area contributed by atoms with Gasteiger partial charge in [0.05, 0.1) is 16.5 Å². The van der Waals surface area contributed by atoms with E-state index in [-0.39, 0.29) is 23.3 Å². The zero-order valence-electron chi connectivity index (χ0n) is 11.9. The van der Waals surface area contributed by atoms with Gasteiger partial charge in [0.25, 0.3) is 0 Å². The molecule has 0 amide bonds. The fourth-order valence-corrected chi connectivity index (χ4v) is 4.26. The van der Waals surface area contributed by atoms with Crippen LogP contribution in [-0.2, 0) is 10.0 Å². The highest BCUT2D eigenvalue weighted by molar-refractivity contribution is 7.89. The van der Waals surface area contributed by atoms with Crippen LogP contribution in [-0.4, -0.2) is 31.9 Å². The van der Waals surface area contributed by atoms with E-state index in [0.29, 0.717) is 24.6 Å². The predicted molar refractivity (Wildman–Crippen MR) is 83.5 cm³/mol. The molecule has 1 aromatic carbocycles. The Labute approximate surface area is 132 Å². The summed E-state index contributed by atoms with van der Waals surface area (Å²) in [5.41, 5.74) is 6.18. The van der Waals surface area contributed by atoms with Crippen LogP contribution in [0.2, 0.25) is 0 Å². The fourth-order valence-electron chi connectivity index (χ4n) is 2.60. The molecule has 1 aliphatic rings. The highest BCUT2D eigenvalue weighted by atomic mass is 35.5. The van der Waals surface area contributed by atoms with Crippen LogP contribution in [0.25, 0.3) is 0 Å². The Morgan fingerprint density at radius 2 is 2.00 bits per heavy atom. The number of nitriles is 1. The van der Waals surface area contributed by atoms with E-state index in [1.165, 1.54) is 28.6 Å². The van der Waals surface area contributed by atoms with E-state index in [9.17, 15) is 8.42 Å². The Balaban J connectivity index is 0.00000220. The van der Waals surface area contributed by atoms with E-state index in [0.717, 1.165) is 12.8 Å². The first-order valence-corrected chi connectivity index (χ1v) is 8.15. The number of piperidine rings is 1. The summed E-state index contributed by atoms with van der Waals surface area (Å²) < 4.78 is 26.8. The highest BCUT2D eigenvalue weighted by Crippen LogP contribution is 2.28. The van der Waals surface area contributed by atoms with Crippen LogP contribution in [0.4, 0.5) is 0 Å². The molecule has 0 aliphatic carbocycles. The second-order valence-electron chi connectivity index (χ2n) is 5.27. The largest absolute Gasteiger partial charge is 0.329 e. The lowest BCUT2D eigenvalue weighted by molar-refractivity contribution is 0.211. The van der Waals surface area contributed by atoms with Crippen LogP contribution in [0.3, 0.4) is 0 Å². The van der Waals surface area contributed by atoms with Crippen molar-refractivity contribution in [2.24, 2.45) is 11.7 Å². The molecule has 0 radical (unpaired) electrons. The number of nitrogens with two attached hydrogens (primary N) is 1. The van der Waals surface area contributed by atoms with Crippen molar-refractivity contribution in [3.05, 3.63) is 29.8 Å². The van der Waals surface area contributed by atoms with Gasteiger partial charge in [-0.3, -0.25) is 0 Å². The molecule has 2 atom stereocenters. The smallest absolute Gasteiger partial charge is 0.243 e. The minimum absolute atomic E-state index is 0. The summed E-state index contributed by atoms with van der Waals surface area (Å²) >= 11 is 0. The monoisotopic (exact) mass is 329 g/mol. The second kappa shape index (κ2) is 7.23. The maximum atomic E-state index is 12.7. The summed E-state index contributed by atoms with van der Waals surface area (Å²) in [5.74, 6) is 0.496. The SMILES string of the molecule is CC1CCN(S(=O)(=O)c2ccc(C#N)cc2)C(CN)C1.Cl. The summed E-state index contributed by atoms with van der Waals surface area (Å²) in [6.45, 7) is 2.96. The highest BCUT2D eigenvalue weighted by Gasteiger charge is 2.34. The van der Waals surface area contributed by atoms with Crippen LogP contribution in [0.5, 0.6) is 0 Å². The zero-order valence-corrected chi connectivity index (χ0v) is 13.5. The van der Waals surface area contributed by atoms with E-state index in [1.807, 2.05) is 6.07 Å². The molecule has 116 valence electrons. The van der Waals surface area contributed by atoms with Crippen LogP contribution in [0.15, 0.2) is 29.2 Å². The summed E-state index contributed by atoms with van der Waals surface area (Å²) in [6.07, 6.45) is 1.65. The Morgan fingerprint density at radius 3 is 2.52 bits per heavy atom. The summed E-state index contributed by atoms with van der Waals surface area (Å²) in [7, 11) is -3.53. The van der Waals surface area contributed by atoms with Crippen molar-refractivity contribution in [2.75, 3.05) is 13.1 Å². The van der Waals surface area contributed by atoms with E-state index >= 15 is 0 Å². The molecule has 0 bridgehead atoms. The van der Waals surface area contributed by atoms with Gasteiger partial charge in [0.1, 0.15) is 0 Å². The van der Waals surface area contributed by atoms with E-state index < -0.39 is 10.0 Å². The van der Waals surface area contributed by atoms with Gasteiger partial charge in [-0.25, -0.2) is 8.42 Å². The van der Waals surface area contributed by atoms with Gasteiger partial charge in [0.2, 0.25) is 10.0 Å². The van der Waals surface area contributed by atoms with Crippen molar-refractivity contribution in [1.82, 2.24) is 4.31 Å². The number of sulfonamides is 1. The van der Waals surface area contributed by atoms with Crippen LogP contribution in [0, 0.1) is 17.2 Å². The normalized spacial score (nSPS) is 23.1. The minimum atomic E-state index is -3.53. The third-order valence-electron chi connectivity index (χ3n) is 3.79. The number of halogens is 1. The number of hydrogen-bond acceptors (Lipinski definition) is 4. The molecule has 0 saturated carbocycles. The van der Waals surface area contributed by atoms with Gasteiger partial charge < -0.3 is 5.73 Å². The quantitative estimate of drug-likeness (QED) is 0.914. The van der Waals surface area contributed by atoms with Crippen molar-refractivity contribution < 1.29 is 8.42 Å². The van der Waals surface area contributed by atoms with Gasteiger partial charge >= 0.3 is 0 Å². The number of hydrogen-bond donors (Lipinski definition) is 1. The molecule has 0 aromatic heterocycles. The average molecular weight is 330 g/mol. The van der Waals surface area contributed by atoms with Gasteiger partial charge in [-0.05, 0) is 43.0 Å². The average Bonchev–Trinajstić information content (AvgIpc) is 2.46. The van der Waals surface area contributed by atoms with Crippen LogP contribution in [0.1, 0.15) is 25.3 Å². The molecule has 2 unspecified atom stereocenters. The maximum Gasteiger partial charge on any atom is 0.243 e. The molecule has 1 fully saturated rings. The molecule has 2 N–H and O–H groups in total. The van der Waals surface area contributed by atoms with E-state index in [1.54, 1.807) is 0 Å². The third kappa shape index (κ3) is 3.74. The summed E-state index contributed by atoms with van der Waals surface area (Å²) in [6, 6.07) is 7.86. The van der Waals surface area contributed by atoms with E-state index in [2.05, 4.69) is 6.92 Å². The van der Waals surface area contributed by atoms with Gasteiger partial charge in [-0.1, -0.05) is 6.92 Å². The molecule has 21 heavy (non-hydrogen) atoms. The minimum Gasteiger partial charge on any atom is -0.329 e. The molecule has 2 rings (SSSR count). The summed E-state index contributed by atoms with van der Waals surface area (Å²) in [5, 5.41) is 8.76. The second-order valence-corrected chi connectivity index (χ2v) is 7.16. The van der Waals surface area contributed by atoms with Crippen molar-refractivity contribution in [1.29, 1.82) is 5.26 Å². The number of nitrogens with zero attached hydrogens (tertiary/aromatic N) is 2. The zero-order chi connectivity index (χ0) is 14.8. The predicted octanol–water partition coefficient (Wildman–Crippen LogP) is 1.73.